The number of benzene rings is 2. The van der Waals surface area contributed by atoms with Crippen molar-refractivity contribution in [1.29, 1.82) is 0 Å². The fourth-order valence-corrected chi connectivity index (χ4v) is 2.59. The number of hydrogen-bond acceptors (Lipinski definition) is 1. The number of halogens is 2. The van der Waals surface area contributed by atoms with Gasteiger partial charge in [0.05, 0.1) is 17.6 Å². The number of aromatic nitrogens is 2. The number of aromatic amines is 1. The highest BCUT2D eigenvalue weighted by Gasteiger charge is 2.06. The highest BCUT2D eigenvalue weighted by atomic mass is 79.9. The van der Waals surface area contributed by atoms with Crippen LogP contribution >= 0.6 is 28.1 Å². The Morgan fingerprint density at radius 1 is 1.16 bits per heavy atom. The summed E-state index contributed by atoms with van der Waals surface area (Å²) in [4.78, 5) is 3.09. The maximum atomic E-state index is 13.4. The predicted octanol–water partition coefficient (Wildman–Crippen LogP) is 4.65. The quantitative estimate of drug-likeness (QED) is 0.675. The number of nitrogens with zero attached hydrogens (tertiary/aromatic N) is 1. The summed E-state index contributed by atoms with van der Waals surface area (Å²) in [7, 11) is 0. The van der Waals surface area contributed by atoms with Crippen LogP contribution in [0.4, 0.5) is 4.39 Å². The van der Waals surface area contributed by atoms with Crippen LogP contribution in [0.3, 0.4) is 0 Å². The van der Waals surface area contributed by atoms with Gasteiger partial charge in [-0.2, -0.15) is 0 Å². The second-order valence-corrected chi connectivity index (χ2v) is 5.61. The van der Waals surface area contributed by atoms with Crippen LogP contribution in [0.15, 0.2) is 46.9 Å². The minimum absolute atomic E-state index is 0.258. The van der Waals surface area contributed by atoms with Crippen LogP contribution < -0.4 is 0 Å². The van der Waals surface area contributed by atoms with E-state index in [1.54, 1.807) is 6.07 Å². The topological polar surface area (TPSA) is 20.7 Å². The Labute approximate surface area is 123 Å². The monoisotopic (exact) mass is 336 g/mol. The summed E-state index contributed by atoms with van der Waals surface area (Å²) in [5.41, 5.74) is 2.75. The highest BCUT2D eigenvalue weighted by Crippen LogP contribution is 2.18. The van der Waals surface area contributed by atoms with Gasteiger partial charge in [0.2, 0.25) is 0 Å². The lowest BCUT2D eigenvalue weighted by Crippen LogP contribution is -1.99. The largest absolute Gasteiger partial charge is 0.331 e. The van der Waals surface area contributed by atoms with Crippen molar-refractivity contribution in [2.24, 2.45) is 0 Å². The molecule has 2 aromatic carbocycles. The fourth-order valence-electron chi connectivity index (χ4n) is 2.06. The molecule has 0 aliphatic heterocycles. The molecule has 96 valence electrons. The van der Waals surface area contributed by atoms with Crippen molar-refractivity contribution in [1.82, 2.24) is 9.55 Å². The van der Waals surface area contributed by atoms with E-state index < -0.39 is 0 Å². The Morgan fingerprint density at radius 2 is 1.89 bits per heavy atom. The molecule has 0 amide bonds. The molecule has 1 N–H and O–H groups in total. The van der Waals surface area contributed by atoms with E-state index in [1.807, 2.05) is 28.8 Å². The van der Waals surface area contributed by atoms with Crippen molar-refractivity contribution in [2.45, 2.75) is 6.54 Å². The number of H-pyrrole nitrogens is 1. The molecule has 0 unspecified atom stereocenters. The predicted molar refractivity (Wildman–Crippen MR) is 80.3 cm³/mol. The van der Waals surface area contributed by atoms with E-state index in [1.165, 1.54) is 12.1 Å². The molecule has 3 aromatic rings. The van der Waals surface area contributed by atoms with Gasteiger partial charge in [-0.3, -0.25) is 0 Å². The second-order valence-electron chi connectivity index (χ2n) is 4.30. The van der Waals surface area contributed by atoms with E-state index in [9.17, 15) is 4.39 Å². The molecular weight excluding hydrogens is 327 g/mol. The van der Waals surface area contributed by atoms with E-state index in [0.717, 1.165) is 21.1 Å². The smallest absolute Gasteiger partial charge is 0.178 e. The van der Waals surface area contributed by atoms with Gasteiger partial charge in [0.15, 0.2) is 4.77 Å². The van der Waals surface area contributed by atoms with Crippen molar-refractivity contribution in [3.63, 3.8) is 0 Å². The highest BCUT2D eigenvalue weighted by molar-refractivity contribution is 9.10. The van der Waals surface area contributed by atoms with Gasteiger partial charge in [0.25, 0.3) is 0 Å². The molecule has 0 atom stereocenters. The molecule has 1 heterocycles. The normalized spacial score (nSPS) is 11.1. The number of fused-ring (bicyclic) bond motifs is 1. The van der Waals surface area contributed by atoms with Crippen LogP contribution in [-0.2, 0) is 6.54 Å². The molecule has 0 aliphatic rings. The van der Waals surface area contributed by atoms with E-state index in [4.69, 9.17) is 12.2 Å². The van der Waals surface area contributed by atoms with Crippen LogP contribution in [0, 0.1) is 10.6 Å². The zero-order valence-electron chi connectivity index (χ0n) is 9.86. The van der Waals surface area contributed by atoms with Crippen molar-refractivity contribution in [2.75, 3.05) is 0 Å². The van der Waals surface area contributed by atoms with Gasteiger partial charge < -0.3 is 9.55 Å². The average molecular weight is 337 g/mol. The summed E-state index contributed by atoms with van der Waals surface area (Å²) in [6.07, 6.45) is 0. The van der Waals surface area contributed by atoms with Gasteiger partial charge >= 0.3 is 0 Å². The average Bonchev–Trinajstić information content (AvgIpc) is 2.69. The molecule has 0 aliphatic carbocycles. The zero-order valence-corrected chi connectivity index (χ0v) is 12.3. The maximum absolute atomic E-state index is 13.4. The summed E-state index contributed by atoms with van der Waals surface area (Å²) in [6.45, 7) is 0.621. The first-order valence-electron chi connectivity index (χ1n) is 5.76. The van der Waals surface area contributed by atoms with Crippen LogP contribution in [0.1, 0.15) is 5.56 Å². The third kappa shape index (κ3) is 2.48. The number of nitrogens with one attached hydrogen (secondary N) is 1. The minimum atomic E-state index is -0.258. The third-order valence-corrected chi connectivity index (χ3v) is 3.84. The van der Waals surface area contributed by atoms with Crippen LogP contribution in [0.25, 0.3) is 11.0 Å². The number of hydrogen-bond donors (Lipinski definition) is 1. The van der Waals surface area contributed by atoms with Gasteiger partial charge in [0, 0.05) is 4.47 Å². The maximum Gasteiger partial charge on any atom is 0.178 e. The molecular formula is C14H10BrFN2S. The van der Waals surface area contributed by atoms with Crippen molar-refractivity contribution >= 4 is 39.2 Å². The summed E-state index contributed by atoms with van der Waals surface area (Å²) < 4.78 is 16.9. The SMILES string of the molecule is Fc1ccc2[nH]c(=S)n(Cc3ccc(Br)cc3)c2c1. The summed E-state index contributed by atoms with van der Waals surface area (Å²) in [5.74, 6) is -0.258. The number of imidazole rings is 1. The Kier molecular flexibility index (Phi) is 3.24. The lowest BCUT2D eigenvalue weighted by Gasteiger charge is -2.05. The molecule has 0 saturated heterocycles. The Bertz CT molecular complexity index is 789. The molecule has 19 heavy (non-hydrogen) atoms. The van der Waals surface area contributed by atoms with Gasteiger partial charge in [-0.15, -0.1) is 0 Å². The summed E-state index contributed by atoms with van der Waals surface area (Å²) in [6, 6.07) is 12.6. The van der Waals surface area contributed by atoms with Crippen LogP contribution in [-0.4, -0.2) is 9.55 Å². The zero-order chi connectivity index (χ0) is 13.4. The standard InChI is InChI=1S/C14H10BrFN2S/c15-10-3-1-9(2-4-10)8-18-13-7-11(16)5-6-12(13)17-14(18)19/h1-7H,8H2,(H,17,19). The molecule has 2 nitrogen and oxygen atoms in total. The number of rotatable bonds is 2. The van der Waals surface area contributed by atoms with E-state index in [0.29, 0.717) is 11.3 Å². The van der Waals surface area contributed by atoms with Gasteiger partial charge in [0.1, 0.15) is 5.82 Å². The Morgan fingerprint density at radius 3 is 2.63 bits per heavy atom. The fraction of sp³-hybridized carbons (Fsp3) is 0.0714. The van der Waals surface area contributed by atoms with Gasteiger partial charge in [-0.05, 0) is 48.1 Å². The first-order chi connectivity index (χ1) is 9.13. The first kappa shape index (κ1) is 12.6. The second kappa shape index (κ2) is 4.90. The van der Waals surface area contributed by atoms with Crippen molar-refractivity contribution in [3.8, 4) is 0 Å². The van der Waals surface area contributed by atoms with Crippen molar-refractivity contribution < 1.29 is 4.39 Å². The van der Waals surface area contributed by atoms with E-state index in [2.05, 4.69) is 20.9 Å². The Hall–Kier alpha value is -1.46. The molecule has 3 rings (SSSR count). The first-order valence-corrected chi connectivity index (χ1v) is 6.96. The van der Waals surface area contributed by atoms with E-state index in [-0.39, 0.29) is 5.82 Å². The molecule has 0 bridgehead atoms. The minimum Gasteiger partial charge on any atom is -0.331 e. The van der Waals surface area contributed by atoms with Gasteiger partial charge in [-0.1, -0.05) is 28.1 Å². The summed E-state index contributed by atoms with van der Waals surface area (Å²) in [5, 5.41) is 0. The lowest BCUT2D eigenvalue weighted by atomic mass is 10.2. The van der Waals surface area contributed by atoms with Gasteiger partial charge in [-0.25, -0.2) is 4.39 Å². The Balaban J connectivity index is 2.09. The molecule has 5 heteroatoms. The molecule has 0 spiro atoms. The van der Waals surface area contributed by atoms with E-state index >= 15 is 0 Å². The van der Waals surface area contributed by atoms with Crippen LogP contribution in [0.5, 0.6) is 0 Å². The lowest BCUT2D eigenvalue weighted by molar-refractivity contribution is 0.628. The molecule has 1 aromatic heterocycles. The van der Waals surface area contributed by atoms with Crippen LogP contribution in [0.2, 0.25) is 0 Å². The molecule has 0 saturated carbocycles. The molecule has 0 radical (unpaired) electrons. The third-order valence-electron chi connectivity index (χ3n) is 2.99. The molecule has 0 fully saturated rings. The summed E-state index contributed by atoms with van der Waals surface area (Å²) >= 11 is 8.70. The van der Waals surface area contributed by atoms with Crippen molar-refractivity contribution in [3.05, 3.63) is 63.1 Å².